The van der Waals surface area contributed by atoms with Crippen LogP contribution in [0.25, 0.3) is 0 Å². The predicted octanol–water partition coefficient (Wildman–Crippen LogP) is 3.77. The van der Waals surface area contributed by atoms with Gasteiger partial charge in [-0.05, 0) is 29.9 Å². The highest BCUT2D eigenvalue weighted by Crippen LogP contribution is 2.19. The summed E-state index contributed by atoms with van der Waals surface area (Å²) in [5, 5.41) is 12.1. The third-order valence-electron chi connectivity index (χ3n) is 2.51. The zero-order valence-corrected chi connectivity index (χ0v) is 12.6. The Balaban J connectivity index is 2.36. The normalized spacial score (nSPS) is 12.2. The minimum absolute atomic E-state index is 0.134. The molecule has 19 heavy (non-hydrogen) atoms. The fourth-order valence-electron chi connectivity index (χ4n) is 1.56. The number of nitrogens with zero attached hydrogens (tertiary/aromatic N) is 3. The van der Waals surface area contributed by atoms with Gasteiger partial charge in [0.05, 0.1) is 6.21 Å². The summed E-state index contributed by atoms with van der Waals surface area (Å²) in [6, 6.07) is 7.43. The van der Waals surface area contributed by atoms with Gasteiger partial charge in [0.15, 0.2) is 5.82 Å². The van der Waals surface area contributed by atoms with Crippen LogP contribution < -0.4 is 0 Å². The van der Waals surface area contributed by atoms with Crippen LogP contribution in [0.15, 0.2) is 29.4 Å². The second-order valence-electron chi connectivity index (χ2n) is 5.21. The zero-order chi connectivity index (χ0) is 14.0. The summed E-state index contributed by atoms with van der Waals surface area (Å²) < 4.78 is 2.12. The molecule has 0 saturated carbocycles. The van der Waals surface area contributed by atoms with Crippen molar-refractivity contribution in [3.05, 3.63) is 45.4 Å². The van der Waals surface area contributed by atoms with Crippen LogP contribution in [0.1, 0.15) is 32.2 Å². The van der Waals surface area contributed by atoms with Crippen molar-refractivity contribution in [3.8, 4) is 0 Å². The van der Waals surface area contributed by atoms with Crippen LogP contribution in [-0.4, -0.2) is 21.1 Å². The molecule has 0 fully saturated rings. The molecule has 4 nitrogen and oxygen atoms in total. The Labute approximate surface area is 122 Å². The van der Waals surface area contributed by atoms with E-state index in [4.69, 9.17) is 23.8 Å². The number of halogens is 1. The maximum Gasteiger partial charge on any atom is 0.216 e. The molecule has 100 valence electrons. The Kier molecular flexibility index (Phi) is 3.87. The second kappa shape index (κ2) is 5.27. The Morgan fingerprint density at radius 1 is 1.32 bits per heavy atom. The summed E-state index contributed by atoms with van der Waals surface area (Å²) in [4.78, 5) is 0. The van der Waals surface area contributed by atoms with E-state index in [0.717, 1.165) is 11.4 Å². The van der Waals surface area contributed by atoms with E-state index in [0.29, 0.717) is 9.79 Å². The molecular weight excluding hydrogens is 280 g/mol. The fraction of sp³-hybridized carbons (Fsp3) is 0.308. The van der Waals surface area contributed by atoms with Crippen LogP contribution in [0.2, 0.25) is 5.02 Å². The zero-order valence-electron chi connectivity index (χ0n) is 11.0. The smallest absolute Gasteiger partial charge is 0.216 e. The molecule has 2 rings (SSSR count). The molecule has 0 aliphatic carbocycles. The molecular formula is C13H15ClN4S. The summed E-state index contributed by atoms with van der Waals surface area (Å²) >= 11 is 11.0. The highest BCUT2D eigenvalue weighted by Gasteiger charge is 2.21. The highest BCUT2D eigenvalue weighted by molar-refractivity contribution is 7.71. The van der Waals surface area contributed by atoms with Gasteiger partial charge in [-0.15, -0.1) is 0 Å². The van der Waals surface area contributed by atoms with Gasteiger partial charge in [-0.3, -0.25) is 5.10 Å². The minimum Gasteiger partial charge on any atom is -0.250 e. The molecule has 0 spiro atoms. The summed E-state index contributed by atoms with van der Waals surface area (Å²) in [5.74, 6) is 0.794. The van der Waals surface area contributed by atoms with Crippen molar-refractivity contribution in [1.29, 1.82) is 0 Å². The number of H-pyrrole nitrogens is 1. The fourth-order valence-corrected chi connectivity index (χ4v) is 1.86. The Hall–Kier alpha value is -1.46. The predicted molar refractivity (Wildman–Crippen MR) is 80.6 cm³/mol. The SMILES string of the molecule is CC(C)(C)c1n[nH]c(=S)n1/N=C\c1ccc(Cl)cc1. The van der Waals surface area contributed by atoms with Crippen LogP contribution in [0.3, 0.4) is 0 Å². The lowest BCUT2D eigenvalue weighted by Crippen LogP contribution is -2.17. The average Bonchev–Trinajstić information content (AvgIpc) is 2.70. The largest absolute Gasteiger partial charge is 0.250 e. The van der Waals surface area contributed by atoms with Crippen LogP contribution in [-0.2, 0) is 5.41 Å². The van der Waals surface area contributed by atoms with Crippen molar-refractivity contribution in [2.24, 2.45) is 5.10 Å². The first-order valence-corrected chi connectivity index (χ1v) is 6.64. The first kappa shape index (κ1) is 14.0. The van der Waals surface area contributed by atoms with Gasteiger partial charge in [-0.25, -0.2) is 0 Å². The molecule has 1 heterocycles. The van der Waals surface area contributed by atoms with Gasteiger partial charge in [-0.2, -0.15) is 14.9 Å². The molecule has 1 aromatic heterocycles. The lowest BCUT2D eigenvalue weighted by Gasteiger charge is -2.15. The molecule has 0 radical (unpaired) electrons. The van der Waals surface area contributed by atoms with Crippen molar-refractivity contribution < 1.29 is 0 Å². The number of nitrogens with one attached hydrogen (secondary N) is 1. The summed E-state index contributed by atoms with van der Waals surface area (Å²) in [5.41, 5.74) is 0.817. The van der Waals surface area contributed by atoms with Crippen molar-refractivity contribution in [2.45, 2.75) is 26.2 Å². The van der Waals surface area contributed by atoms with Crippen LogP contribution in [0, 0.1) is 4.77 Å². The van der Waals surface area contributed by atoms with Gasteiger partial charge in [0.1, 0.15) is 0 Å². The summed E-state index contributed by atoms with van der Waals surface area (Å²) in [7, 11) is 0. The third-order valence-corrected chi connectivity index (χ3v) is 3.03. The molecule has 0 bridgehead atoms. The first-order valence-electron chi connectivity index (χ1n) is 5.86. The van der Waals surface area contributed by atoms with Gasteiger partial charge in [0.2, 0.25) is 4.77 Å². The van der Waals surface area contributed by atoms with Gasteiger partial charge < -0.3 is 0 Å². The maximum atomic E-state index is 5.84. The number of aromatic amines is 1. The number of hydrogen-bond donors (Lipinski definition) is 1. The van der Waals surface area contributed by atoms with Gasteiger partial charge >= 0.3 is 0 Å². The van der Waals surface area contributed by atoms with E-state index in [2.05, 4.69) is 36.1 Å². The Morgan fingerprint density at radius 2 is 1.95 bits per heavy atom. The average molecular weight is 295 g/mol. The molecule has 1 aromatic carbocycles. The Morgan fingerprint density at radius 3 is 2.53 bits per heavy atom. The summed E-state index contributed by atoms with van der Waals surface area (Å²) in [6.07, 6.45) is 1.73. The highest BCUT2D eigenvalue weighted by atomic mass is 35.5. The van der Waals surface area contributed by atoms with Gasteiger partial charge in [-0.1, -0.05) is 44.5 Å². The van der Waals surface area contributed by atoms with Crippen molar-refractivity contribution >= 4 is 30.0 Å². The maximum absolute atomic E-state index is 5.84. The first-order chi connectivity index (χ1) is 8.88. The topological polar surface area (TPSA) is 46.0 Å². The van der Waals surface area contributed by atoms with Crippen molar-refractivity contribution in [1.82, 2.24) is 14.9 Å². The monoisotopic (exact) mass is 294 g/mol. The van der Waals surface area contributed by atoms with Crippen LogP contribution >= 0.6 is 23.8 Å². The Bertz CT molecular complexity index is 647. The quantitative estimate of drug-likeness (QED) is 0.677. The van der Waals surface area contributed by atoms with Crippen molar-refractivity contribution in [3.63, 3.8) is 0 Å². The van der Waals surface area contributed by atoms with E-state index in [9.17, 15) is 0 Å². The van der Waals surface area contributed by atoms with Crippen LogP contribution in [0.5, 0.6) is 0 Å². The van der Waals surface area contributed by atoms with E-state index >= 15 is 0 Å². The van der Waals surface area contributed by atoms with E-state index in [-0.39, 0.29) is 5.41 Å². The van der Waals surface area contributed by atoms with E-state index < -0.39 is 0 Å². The molecule has 0 saturated heterocycles. The molecule has 0 aliphatic rings. The van der Waals surface area contributed by atoms with E-state index in [1.165, 1.54) is 0 Å². The van der Waals surface area contributed by atoms with E-state index in [1.807, 2.05) is 24.3 Å². The second-order valence-corrected chi connectivity index (χ2v) is 6.03. The number of hydrogen-bond acceptors (Lipinski definition) is 3. The number of rotatable bonds is 2. The van der Waals surface area contributed by atoms with Gasteiger partial charge in [0.25, 0.3) is 0 Å². The lowest BCUT2D eigenvalue weighted by molar-refractivity contribution is 0.516. The molecule has 2 aromatic rings. The van der Waals surface area contributed by atoms with E-state index in [1.54, 1.807) is 10.9 Å². The number of benzene rings is 1. The summed E-state index contributed by atoms with van der Waals surface area (Å²) in [6.45, 7) is 6.19. The molecule has 0 unspecified atom stereocenters. The molecule has 0 atom stereocenters. The number of aromatic nitrogens is 3. The molecule has 6 heteroatoms. The standard InChI is InChI=1S/C13H15ClN4S/c1-13(2,3)11-16-17-12(19)18(11)15-8-9-4-6-10(14)7-5-9/h4-8H,1-3H3,(H,17,19)/b15-8-. The molecule has 0 amide bonds. The van der Waals surface area contributed by atoms with Gasteiger partial charge in [0, 0.05) is 10.4 Å². The molecule has 0 aliphatic heterocycles. The lowest BCUT2D eigenvalue weighted by atomic mass is 9.96. The third kappa shape index (κ3) is 3.30. The molecule has 1 N–H and O–H groups in total. The minimum atomic E-state index is -0.134. The van der Waals surface area contributed by atoms with Crippen molar-refractivity contribution in [2.75, 3.05) is 0 Å². The van der Waals surface area contributed by atoms with Crippen LogP contribution in [0.4, 0.5) is 0 Å².